The first-order valence-electron chi connectivity index (χ1n) is 5.11. The molecule has 0 aliphatic carbocycles. The lowest BCUT2D eigenvalue weighted by atomic mass is 9.95. The molecule has 0 aromatic rings. The van der Waals surface area contributed by atoms with Crippen LogP contribution >= 0.6 is 0 Å². The Bertz CT molecular complexity index is 234. The normalized spacial score (nSPS) is 27.1. The van der Waals surface area contributed by atoms with Gasteiger partial charge in [-0.3, -0.25) is 4.79 Å². The predicted octanol–water partition coefficient (Wildman–Crippen LogP) is -0.526. The van der Waals surface area contributed by atoms with Crippen molar-refractivity contribution >= 4 is 5.97 Å². The minimum absolute atomic E-state index is 0.370. The van der Waals surface area contributed by atoms with E-state index in [1.54, 1.807) is 20.8 Å². The molecule has 1 aliphatic heterocycles. The Balaban J connectivity index is 2.59. The number of esters is 1. The highest BCUT2D eigenvalue weighted by Gasteiger charge is 2.39. The van der Waals surface area contributed by atoms with E-state index in [0.29, 0.717) is 13.1 Å². The molecule has 5 nitrogen and oxygen atoms in total. The maximum Gasteiger partial charge on any atom is 0.311 e. The van der Waals surface area contributed by atoms with E-state index in [0.717, 1.165) is 0 Å². The molecule has 0 unspecified atom stereocenters. The van der Waals surface area contributed by atoms with Gasteiger partial charge in [-0.1, -0.05) is 0 Å². The van der Waals surface area contributed by atoms with Crippen molar-refractivity contribution in [3.05, 3.63) is 0 Å². The van der Waals surface area contributed by atoms with Crippen LogP contribution in [0.1, 0.15) is 20.8 Å². The molecule has 1 saturated heterocycles. The summed E-state index contributed by atoms with van der Waals surface area (Å²) in [5.74, 6) is -1.31. The quantitative estimate of drug-likeness (QED) is 0.428. The first-order valence-corrected chi connectivity index (χ1v) is 5.11. The first-order chi connectivity index (χ1) is 6.81. The number of carbonyl (C=O) groups is 1. The van der Waals surface area contributed by atoms with Gasteiger partial charge in [0.2, 0.25) is 0 Å². The number of carbonyl (C=O) groups excluding carboxylic acids is 1. The zero-order valence-corrected chi connectivity index (χ0v) is 9.36. The van der Waals surface area contributed by atoms with Crippen LogP contribution in [-0.4, -0.2) is 41.2 Å². The van der Waals surface area contributed by atoms with Gasteiger partial charge in [-0.25, -0.2) is 0 Å². The van der Waals surface area contributed by atoms with Crippen LogP contribution in [0.4, 0.5) is 0 Å². The summed E-state index contributed by atoms with van der Waals surface area (Å²) >= 11 is 0. The number of aliphatic hydroxyl groups is 2. The Morgan fingerprint density at radius 2 is 2.00 bits per heavy atom. The molecule has 0 saturated carbocycles. The third kappa shape index (κ3) is 3.44. The molecular formula is C10H19NO4. The largest absolute Gasteiger partial charge is 0.460 e. The second-order valence-electron chi connectivity index (χ2n) is 4.88. The van der Waals surface area contributed by atoms with Crippen LogP contribution < -0.4 is 5.32 Å². The highest BCUT2D eigenvalue weighted by molar-refractivity contribution is 5.74. The van der Waals surface area contributed by atoms with E-state index in [1.165, 1.54) is 0 Å². The number of hydrogen-bond donors (Lipinski definition) is 3. The van der Waals surface area contributed by atoms with E-state index in [-0.39, 0.29) is 5.97 Å². The Morgan fingerprint density at radius 3 is 2.47 bits per heavy atom. The fourth-order valence-corrected chi connectivity index (χ4v) is 1.65. The maximum absolute atomic E-state index is 11.7. The number of aliphatic hydroxyl groups excluding tert-OH is 1. The van der Waals surface area contributed by atoms with E-state index < -0.39 is 23.7 Å². The van der Waals surface area contributed by atoms with Crippen molar-refractivity contribution in [3.8, 4) is 0 Å². The molecule has 0 radical (unpaired) electrons. The Labute approximate surface area is 89.4 Å². The van der Waals surface area contributed by atoms with Crippen LogP contribution in [-0.2, 0) is 9.53 Å². The van der Waals surface area contributed by atoms with Gasteiger partial charge in [0.15, 0.2) is 6.29 Å². The highest BCUT2D eigenvalue weighted by atomic mass is 16.6. The molecule has 0 amide bonds. The van der Waals surface area contributed by atoms with Gasteiger partial charge in [-0.15, -0.1) is 0 Å². The van der Waals surface area contributed by atoms with Crippen molar-refractivity contribution in [3.63, 3.8) is 0 Å². The summed E-state index contributed by atoms with van der Waals surface area (Å²) in [6.45, 7) is 6.24. The summed E-state index contributed by atoms with van der Waals surface area (Å²) in [5, 5.41) is 21.1. The SMILES string of the molecule is CC(C)(C)OC(=O)[C@H]1CNC[C@@H]1C(O)O. The van der Waals surface area contributed by atoms with Crippen molar-refractivity contribution < 1.29 is 19.7 Å². The summed E-state index contributed by atoms with van der Waals surface area (Å²) in [5.41, 5.74) is -0.537. The van der Waals surface area contributed by atoms with Gasteiger partial charge in [0.25, 0.3) is 0 Å². The molecule has 1 fully saturated rings. The van der Waals surface area contributed by atoms with Gasteiger partial charge in [-0.05, 0) is 20.8 Å². The monoisotopic (exact) mass is 217 g/mol. The molecule has 1 rings (SSSR count). The van der Waals surface area contributed by atoms with E-state index in [9.17, 15) is 4.79 Å². The second-order valence-corrected chi connectivity index (χ2v) is 4.88. The number of rotatable bonds is 2. The van der Waals surface area contributed by atoms with Crippen molar-refractivity contribution in [2.75, 3.05) is 13.1 Å². The van der Waals surface area contributed by atoms with Gasteiger partial charge in [0.05, 0.1) is 5.92 Å². The lowest BCUT2D eigenvalue weighted by molar-refractivity contribution is -0.167. The Morgan fingerprint density at radius 1 is 1.40 bits per heavy atom. The summed E-state index contributed by atoms with van der Waals surface area (Å²) in [6, 6.07) is 0. The molecular weight excluding hydrogens is 198 g/mol. The van der Waals surface area contributed by atoms with Crippen molar-refractivity contribution in [2.45, 2.75) is 32.7 Å². The fourth-order valence-electron chi connectivity index (χ4n) is 1.65. The van der Waals surface area contributed by atoms with Gasteiger partial charge < -0.3 is 20.3 Å². The summed E-state index contributed by atoms with van der Waals surface area (Å²) in [6.07, 6.45) is -1.47. The van der Waals surface area contributed by atoms with Crippen LogP contribution in [0.2, 0.25) is 0 Å². The standard InChI is InChI=1S/C10H19NO4/c1-10(2,3)15-9(14)7-5-11-4-6(7)8(12)13/h6-8,11-13H,4-5H2,1-3H3/t6-,7-/m0/s1. The van der Waals surface area contributed by atoms with Crippen LogP contribution in [0, 0.1) is 11.8 Å². The zero-order chi connectivity index (χ0) is 11.6. The molecule has 1 aliphatic rings. The van der Waals surface area contributed by atoms with E-state index in [1.807, 2.05) is 0 Å². The molecule has 0 aromatic carbocycles. The molecule has 88 valence electrons. The molecule has 3 N–H and O–H groups in total. The van der Waals surface area contributed by atoms with Crippen LogP contribution in [0.15, 0.2) is 0 Å². The molecule has 0 aromatic heterocycles. The Hall–Kier alpha value is -0.650. The maximum atomic E-state index is 11.7. The van der Waals surface area contributed by atoms with Crippen molar-refractivity contribution in [2.24, 2.45) is 11.8 Å². The second kappa shape index (κ2) is 4.47. The van der Waals surface area contributed by atoms with Crippen molar-refractivity contribution in [1.82, 2.24) is 5.32 Å². The summed E-state index contributed by atoms with van der Waals surface area (Å²) in [4.78, 5) is 11.7. The van der Waals surface area contributed by atoms with Gasteiger partial charge >= 0.3 is 5.97 Å². The highest BCUT2D eigenvalue weighted by Crippen LogP contribution is 2.23. The molecule has 0 bridgehead atoms. The average molecular weight is 217 g/mol. The minimum Gasteiger partial charge on any atom is -0.460 e. The van der Waals surface area contributed by atoms with Gasteiger partial charge in [0, 0.05) is 19.0 Å². The van der Waals surface area contributed by atoms with Gasteiger partial charge in [-0.2, -0.15) is 0 Å². The van der Waals surface area contributed by atoms with Gasteiger partial charge in [0.1, 0.15) is 5.60 Å². The smallest absolute Gasteiger partial charge is 0.311 e. The zero-order valence-electron chi connectivity index (χ0n) is 9.36. The van der Waals surface area contributed by atoms with Crippen LogP contribution in [0.3, 0.4) is 0 Å². The molecule has 15 heavy (non-hydrogen) atoms. The third-order valence-corrected chi connectivity index (χ3v) is 2.35. The number of nitrogens with one attached hydrogen (secondary N) is 1. The van der Waals surface area contributed by atoms with E-state index in [4.69, 9.17) is 14.9 Å². The third-order valence-electron chi connectivity index (χ3n) is 2.35. The van der Waals surface area contributed by atoms with E-state index >= 15 is 0 Å². The lowest BCUT2D eigenvalue weighted by Gasteiger charge is -2.25. The average Bonchev–Trinajstić information content (AvgIpc) is 2.47. The fraction of sp³-hybridized carbons (Fsp3) is 0.900. The van der Waals surface area contributed by atoms with Crippen molar-refractivity contribution in [1.29, 1.82) is 0 Å². The predicted molar refractivity (Wildman–Crippen MR) is 53.9 cm³/mol. The first kappa shape index (κ1) is 12.4. The summed E-state index contributed by atoms with van der Waals surface area (Å²) in [7, 11) is 0. The molecule has 1 heterocycles. The van der Waals surface area contributed by atoms with Crippen LogP contribution in [0.25, 0.3) is 0 Å². The van der Waals surface area contributed by atoms with Crippen LogP contribution in [0.5, 0.6) is 0 Å². The molecule has 2 atom stereocenters. The minimum atomic E-state index is -1.47. The van der Waals surface area contributed by atoms with E-state index in [2.05, 4.69) is 5.32 Å². The lowest BCUT2D eigenvalue weighted by Crippen LogP contribution is -2.36. The number of hydrogen-bond acceptors (Lipinski definition) is 5. The molecule has 0 spiro atoms. The molecule has 5 heteroatoms. The number of ether oxygens (including phenoxy) is 1. The Kier molecular flexibility index (Phi) is 3.70. The summed E-state index contributed by atoms with van der Waals surface area (Å²) < 4.78 is 5.20. The topological polar surface area (TPSA) is 78.8 Å².